The number of hydrogen-bond donors (Lipinski definition) is 2. The first kappa shape index (κ1) is 23.8. The summed E-state index contributed by atoms with van der Waals surface area (Å²) in [6.45, 7) is 1.70. The molecule has 0 saturated heterocycles. The molecule has 3 aromatic rings. The van der Waals surface area contributed by atoms with Crippen molar-refractivity contribution in [2.75, 3.05) is 31.6 Å². The summed E-state index contributed by atoms with van der Waals surface area (Å²) in [7, 11) is 1.72. The van der Waals surface area contributed by atoms with Gasteiger partial charge in [-0.3, -0.25) is 9.79 Å². The molecule has 8 heteroatoms. The van der Waals surface area contributed by atoms with Gasteiger partial charge >= 0.3 is 0 Å². The fourth-order valence-corrected chi connectivity index (χ4v) is 3.83. The lowest BCUT2D eigenvalue weighted by molar-refractivity contribution is -0.117. The summed E-state index contributed by atoms with van der Waals surface area (Å²) in [5, 5.41) is 10.7. The van der Waals surface area contributed by atoms with E-state index in [4.69, 9.17) is 0 Å². The molecule has 0 aliphatic carbocycles. The van der Waals surface area contributed by atoms with Crippen molar-refractivity contribution in [2.45, 2.75) is 19.3 Å². The van der Waals surface area contributed by atoms with Gasteiger partial charge in [-0.25, -0.2) is 4.68 Å². The number of nitrogens with zero attached hydrogens (tertiary/aromatic N) is 4. The summed E-state index contributed by atoms with van der Waals surface area (Å²) < 4.78 is 1.84. The number of benzene rings is 2. The van der Waals surface area contributed by atoms with Crippen LogP contribution >= 0.6 is 24.0 Å². The highest BCUT2D eigenvalue weighted by molar-refractivity contribution is 14.0. The number of aromatic nitrogens is 2. The van der Waals surface area contributed by atoms with Crippen molar-refractivity contribution >= 4 is 41.5 Å². The topological polar surface area (TPSA) is 74.5 Å². The van der Waals surface area contributed by atoms with Gasteiger partial charge in [0.05, 0.1) is 12.2 Å². The number of carbonyl (C=O) groups excluding carboxylic acids is 1. The van der Waals surface area contributed by atoms with Gasteiger partial charge in [0, 0.05) is 38.2 Å². The lowest BCUT2D eigenvalue weighted by Crippen LogP contribution is -2.46. The van der Waals surface area contributed by atoms with Crippen molar-refractivity contribution in [3.8, 4) is 5.69 Å². The third-order valence-corrected chi connectivity index (χ3v) is 5.45. The average Bonchev–Trinajstić information content (AvgIpc) is 3.36. The minimum absolute atomic E-state index is 0. The van der Waals surface area contributed by atoms with E-state index >= 15 is 0 Å². The van der Waals surface area contributed by atoms with Gasteiger partial charge in [0.15, 0.2) is 5.96 Å². The highest BCUT2D eigenvalue weighted by Gasteiger charge is 2.21. The minimum atomic E-state index is 0. The van der Waals surface area contributed by atoms with Gasteiger partial charge < -0.3 is 15.5 Å². The number of guanidine groups is 1. The number of hydrogen-bond acceptors (Lipinski definition) is 3. The largest absolute Gasteiger partial charge is 0.356 e. The summed E-state index contributed by atoms with van der Waals surface area (Å²) in [6, 6.07) is 18.4. The van der Waals surface area contributed by atoms with E-state index in [0.717, 1.165) is 43.7 Å². The predicted octanol–water partition coefficient (Wildman–Crippen LogP) is 3.18. The predicted molar refractivity (Wildman–Crippen MR) is 139 cm³/mol. The van der Waals surface area contributed by atoms with Crippen LogP contribution in [0.25, 0.3) is 5.69 Å². The molecular formula is C24H29IN6O. The van der Waals surface area contributed by atoms with E-state index in [0.29, 0.717) is 5.96 Å². The van der Waals surface area contributed by atoms with Crippen LogP contribution in [0, 0.1) is 0 Å². The Bertz CT molecular complexity index is 1030. The molecule has 7 nitrogen and oxygen atoms in total. The molecule has 1 aliphatic rings. The smallest absolute Gasteiger partial charge is 0.246 e. The monoisotopic (exact) mass is 544 g/mol. The molecule has 2 heterocycles. The first-order valence-electron chi connectivity index (χ1n) is 10.7. The van der Waals surface area contributed by atoms with E-state index < -0.39 is 0 Å². The molecular weight excluding hydrogens is 515 g/mol. The second-order valence-electron chi connectivity index (χ2n) is 7.50. The lowest BCUT2D eigenvalue weighted by atomic mass is 10.0. The number of carbonyl (C=O) groups is 1. The third kappa shape index (κ3) is 5.87. The maximum atomic E-state index is 12.8. The third-order valence-electron chi connectivity index (χ3n) is 5.45. The zero-order valence-electron chi connectivity index (χ0n) is 18.2. The number of halogens is 1. The van der Waals surface area contributed by atoms with Crippen molar-refractivity contribution in [2.24, 2.45) is 4.99 Å². The van der Waals surface area contributed by atoms with Crippen LogP contribution < -0.4 is 15.5 Å². The molecule has 0 bridgehead atoms. The number of fused-ring (bicyclic) bond motifs is 1. The Morgan fingerprint density at radius 1 is 1.09 bits per heavy atom. The number of nitrogens with one attached hydrogen (secondary N) is 2. The summed E-state index contributed by atoms with van der Waals surface area (Å²) in [6.07, 6.45) is 6.57. The Morgan fingerprint density at radius 2 is 1.91 bits per heavy atom. The van der Waals surface area contributed by atoms with E-state index in [2.05, 4.69) is 51.1 Å². The van der Waals surface area contributed by atoms with Gasteiger partial charge in [0.25, 0.3) is 0 Å². The summed E-state index contributed by atoms with van der Waals surface area (Å²) in [5.74, 6) is 0.691. The van der Waals surface area contributed by atoms with Gasteiger partial charge in [0.2, 0.25) is 5.91 Å². The summed E-state index contributed by atoms with van der Waals surface area (Å²) >= 11 is 0. The van der Waals surface area contributed by atoms with Crippen LogP contribution in [0.2, 0.25) is 0 Å². The molecule has 32 heavy (non-hydrogen) atoms. The molecule has 0 saturated carbocycles. The Labute approximate surface area is 205 Å². The van der Waals surface area contributed by atoms with Crippen LogP contribution in [0.15, 0.2) is 72.0 Å². The molecule has 0 fully saturated rings. The first-order valence-corrected chi connectivity index (χ1v) is 10.7. The maximum absolute atomic E-state index is 12.8. The van der Waals surface area contributed by atoms with E-state index in [1.54, 1.807) is 13.2 Å². The van der Waals surface area contributed by atoms with E-state index in [1.165, 1.54) is 11.1 Å². The molecule has 2 N–H and O–H groups in total. The molecule has 0 radical (unpaired) electrons. The first-order chi connectivity index (χ1) is 15.2. The van der Waals surface area contributed by atoms with Crippen molar-refractivity contribution in [1.82, 2.24) is 20.4 Å². The zero-order valence-corrected chi connectivity index (χ0v) is 20.5. The van der Waals surface area contributed by atoms with Crippen LogP contribution in [-0.2, 0) is 17.6 Å². The van der Waals surface area contributed by atoms with E-state index in [9.17, 15) is 4.79 Å². The number of amides is 1. The van der Waals surface area contributed by atoms with Gasteiger partial charge in [-0.1, -0.05) is 30.3 Å². The SMILES string of the molecule is CN=C(NCCc1ccc(-n2cccn2)cc1)NCC(=O)N1CCCc2ccccc21.I. The molecule has 0 unspecified atom stereocenters. The molecule has 1 aromatic heterocycles. The lowest BCUT2D eigenvalue weighted by Gasteiger charge is -2.29. The normalized spacial score (nSPS) is 13.2. The number of para-hydroxylation sites is 1. The molecule has 0 spiro atoms. The molecule has 4 rings (SSSR count). The molecule has 0 atom stereocenters. The summed E-state index contributed by atoms with van der Waals surface area (Å²) in [5.41, 5.74) is 4.53. The number of aryl methyl sites for hydroxylation is 1. The molecule has 1 amide bonds. The Hall–Kier alpha value is -2.88. The zero-order chi connectivity index (χ0) is 21.5. The van der Waals surface area contributed by atoms with Crippen molar-refractivity contribution < 1.29 is 4.79 Å². The highest BCUT2D eigenvalue weighted by atomic mass is 127. The van der Waals surface area contributed by atoms with Crippen LogP contribution in [0.3, 0.4) is 0 Å². The van der Waals surface area contributed by atoms with Gasteiger partial charge in [-0.2, -0.15) is 5.10 Å². The number of anilines is 1. The quantitative estimate of drug-likeness (QED) is 0.284. The fraction of sp³-hybridized carbons (Fsp3) is 0.292. The van der Waals surface area contributed by atoms with Crippen molar-refractivity contribution in [1.29, 1.82) is 0 Å². The van der Waals surface area contributed by atoms with Crippen molar-refractivity contribution in [3.63, 3.8) is 0 Å². The number of rotatable bonds is 6. The van der Waals surface area contributed by atoms with Crippen molar-refractivity contribution in [3.05, 3.63) is 78.1 Å². The molecule has 2 aromatic carbocycles. The average molecular weight is 544 g/mol. The highest BCUT2D eigenvalue weighted by Crippen LogP contribution is 2.26. The summed E-state index contributed by atoms with van der Waals surface area (Å²) in [4.78, 5) is 18.9. The van der Waals surface area contributed by atoms with Crippen LogP contribution in [0.1, 0.15) is 17.5 Å². The number of aliphatic imine (C=N–C) groups is 1. The van der Waals surface area contributed by atoms with E-state index in [-0.39, 0.29) is 36.4 Å². The Kier molecular flexibility index (Phi) is 8.66. The molecule has 168 valence electrons. The molecule has 1 aliphatic heterocycles. The van der Waals surface area contributed by atoms with Gasteiger partial charge in [-0.15, -0.1) is 24.0 Å². The second-order valence-corrected chi connectivity index (χ2v) is 7.50. The van der Waals surface area contributed by atoms with E-state index in [1.807, 2.05) is 40.0 Å². The minimum Gasteiger partial charge on any atom is -0.356 e. The maximum Gasteiger partial charge on any atom is 0.246 e. The van der Waals surface area contributed by atoms with Gasteiger partial charge in [-0.05, 0) is 54.7 Å². The van der Waals surface area contributed by atoms with Crippen LogP contribution in [0.4, 0.5) is 5.69 Å². The Morgan fingerprint density at radius 3 is 2.66 bits per heavy atom. The second kappa shape index (κ2) is 11.7. The van der Waals surface area contributed by atoms with Crippen LogP contribution in [-0.4, -0.2) is 48.3 Å². The van der Waals surface area contributed by atoms with Crippen LogP contribution in [0.5, 0.6) is 0 Å². The standard InChI is InChI=1S/C24H28N6O.HI/c1-25-24(26-15-13-19-9-11-21(12-10-19)30-17-5-14-28-30)27-18-23(31)29-16-4-7-20-6-2-3-8-22(20)29;/h2-3,5-6,8-12,14,17H,4,7,13,15-16,18H2,1H3,(H2,25,26,27);1H. The fourth-order valence-electron chi connectivity index (χ4n) is 3.83. The van der Waals surface area contributed by atoms with Gasteiger partial charge in [0.1, 0.15) is 0 Å². The Balaban J connectivity index is 0.00000289.